The standard InChI is InChI=1S/C14H14ClN7O2/c15-9-3-1-2-8(4-9)13-12(14(23)19-21-16)11-7-17-5-10(6-18-24)22(11)20-13/h1-4,10,17H,5-7H2,(H2,16,19,23). The van der Waals surface area contributed by atoms with Gasteiger partial charge in [0.25, 0.3) is 0 Å². The summed E-state index contributed by atoms with van der Waals surface area (Å²) in [6.45, 7) is 0.980. The molecule has 3 N–H and O–H groups in total. The number of nitrogens with zero attached hydrogens (tertiary/aromatic N) is 5. The lowest BCUT2D eigenvalue weighted by Gasteiger charge is -2.23. The number of fused-ring (bicyclic) bond motifs is 1. The Morgan fingerprint density at radius 3 is 3.04 bits per heavy atom. The average molecular weight is 348 g/mol. The van der Waals surface area contributed by atoms with Crippen LogP contribution in [0.5, 0.6) is 0 Å². The summed E-state index contributed by atoms with van der Waals surface area (Å²) in [6.07, 6.45) is 0. The van der Waals surface area contributed by atoms with Crippen LogP contribution in [0, 0.1) is 4.91 Å². The summed E-state index contributed by atoms with van der Waals surface area (Å²) in [7, 11) is 0. The highest BCUT2D eigenvalue weighted by Crippen LogP contribution is 2.31. The van der Waals surface area contributed by atoms with Crippen molar-refractivity contribution in [1.82, 2.24) is 15.1 Å². The molecule has 3 rings (SSSR count). The fraction of sp³-hybridized carbons (Fsp3) is 0.286. The van der Waals surface area contributed by atoms with Gasteiger partial charge in [0.1, 0.15) is 12.2 Å². The molecule has 1 amide bonds. The van der Waals surface area contributed by atoms with E-state index < -0.39 is 5.91 Å². The zero-order valence-electron chi connectivity index (χ0n) is 12.5. The molecule has 24 heavy (non-hydrogen) atoms. The molecule has 1 aromatic heterocycles. The molecule has 10 heteroatoms. The minimum absolute atomic E-state index is 0.0443. The molecule has 124 valence electrons. The van der Waals surface area contributed by atoms with E-state index in [0.29, 0.717) is 35.1 Å². The van der Waals surface area contributed by atoms with Gasteiger partial charge in [-0.1, -0.05) is 39.2 Å². The van der Waals surface area contributed by atoms with Gasteiger partial charge in [0.05, 0.1) is 17.3 Å². The number of carbonyl (C=O) groups is 1. The maximum atomic E-state index is 12.4. The van der Waals surface area contributed by atoms with Crippen LogP contribution in [0.2, 0.25) is 5.02 Å². The Labute approximate surface area is 141 Å². The van der Waals surface area contributed by atoms with Gasteiger partial charge in [-0.15, -0.1) is 0 Å². The highest BCUT2D eigenvalue weighted by atomic mass is 35.5. The summed E-state index contributed by atoms with van der Waals surface area (Å²) in [5, 5.41) is 17.6. The molecule has 9 nitrogen and oxygen atoms in total. The van der Waals surface area contributed by atoms with Crippen molar-refractivity contribution in [3.05, 3.63) is 45.5 Å². The predicted molar refractivity (Wildman–Crippen MR) is 87.5 cm³/mol. The Bertz CT molecular complexity index is 817. The molecular weight excluding hydrogens is 334 g/mol. The number of aromatic nitrogens is 2. The van der Waals surface area contributed by atoms with Gasteiger partial charge in [0.15, 0.2) is 0 Å². The number of nitrogens with two attached hydrogens (primary N) is 1. The van der Waals surface area contributed by atoms with Crippen LogP contribution in [0.3, 0.4) is 0 Å². The second-order valence-electron chi connectivity index (χ2n) is 5.24. The Balaban J connectivity index is 2.20. The first-order valence-corrected chi connectivity index (χ1v) is 7.56. The second-order valence-corrected chi connectivity index (χ2v) is 5.68. The number of hydrogen-bond acceptors (Lipinski definition) is 6. The van der Waals surface area contributed by atoms with Crippen molar-refractivity contribution >= 4 is 17.5 Å². The molecule has 0 saturated heterocycles. The van der Waals surface area contributed by atoms with E-state index in [1.807, 2.05) is 0 Å². The monoisotopic (exact) mass is 347 g/mol. The summed E-state index contributed by atoms with van der Waals surface area (Å²) >= 11 is 6.04. The van der Waals surface area contributed by atoms with Gasteiger partial charge in [0, 0.05) is 23.7 Å². The van der Waals surface area contributed by atoms with Gasteiger partial charge in [-0.05, 0) is 12.1 Å². The van der Waals surface area contributed by atoms with E-state index in [0.717, 1.165) is 0 Å². The van der Waals surface area contributed by atoms with E-state index in [2.05, 4.69) is 25.9 Å². The Morgan fingerprint density at radius 1 is 1.50 bits per heavy atom. The zero-order valence-corrected chi connectivity index (χ0v) is 13.3. The number of rotatable bonds is 4. The number of hydrogen-bond donors (Lipinski definition) is 2. The van der Waals surface area contributed by atoms with E-state index in [-0.39, 0.29) is 18.2 Å². The molecule has 1 aliphatic heterocycles. The maximum Gasteiger partial charge on any atom is 0.301 e. The van der Waals surface area contributed by atoms with Crippen LogP contribution < -0.4 is 11.2 Å². The highest BCUT2D eigenvalue weighted by Gasteiger charge is 2.30. The van der Waals surface area contributed by atoms with Crippen molar-refractivity contribution in [3.8, 4) is 11.3 Å². The van der Waals surface area contributed by atoms with E-state index in [4.69, 9.17) is 17.4 Å². The molecule has 1 unspecified atom stereocenters. The van der Waals surface area contributed by atoms with E-state index in [9.17, 15) is 9.70 Å². The summed E-state index contributed by atoms with van der Waals surface area (Å²) in [6, 6.07) is 6.70. The fourth-order valence-electron chi connectivity index (χ4n) is 2.78. The minimum Gasteiger partial charge on any atom is -0.309 e. The van der Waals surface area contributed by atoms with Gasteiger partial charge < -0.3 is 11.2 Å². The quantitative estimate of drug-likeness (QED) is 0.379. The van der Waals surface area contributed by atoms with Crippen molar-refractivity contribution in [2.24, 2.45) is 21.4 Å². The molecule has 0 saturated carbocycles. The van der Waals surface area contributed by atoms with Crippen LogP contribution in [0.1, 0.15) is 22.1 Å². The number of nitroso groups, excluding NO2 is 1. The molecular formula is C14H14ClN7O2. The smallest absolute Gasteiger partial charge is 0.301 e. The molecule has 1 aromatic carbocycles. The third kappa shape index (κ3) is 2.91. The van der Waals surface area contributed by atoms with Crippen LogP contribution in [-0.2, 0) is 6.54 Å². The van der Waals surface area contributed by atoms with Gasteiger partial charge in [0.2, 0.25) is 0 Å². The number of nitrogens with one attached hydrogen (secondary N) is 1. The fourth-order valence-corrected chi connectivity index (χ4v) is 2.97. The number of carbonyl (C=O) groups excluding carboxylic acids is 1. The van der Waals surface area contributed by atoms with Gasteiger partial charge in [-0.25, -0.2) is 0 Å². The molecule has 0 spiro atoms. The van der Waals surface area contributed by atoms with Crippen molar-refractivity contribution in [3.63, 3.8) is 0 Å². The normalized spacial score (nSPS) is 17.0. The van der Waals surface area contributed by atoms with Gasteiger partial charge in [-0.2, -0.15) is 10.0 Å². The summed E-state index contributed by atoms with van der Waals surface area (Å²) in [5.41, 5.74) is 1.99. The molecule has 2 aromatic rings. The number of benzene rings is 1. The van der Waals surface area contributed by atoms with Crippen molar-refractivity contribution < 1.29 is 4.79 Å². The number of halogens is 1. The van der Waals surface area contributed by atoms with E-state index >= 15 is 0 Å². The maximum absolute atomic E-state index is 12.4. The Hall–Kier alpha value is -2.65. The molecule has 1 aliphatic rings. The van der Waals surface area contributed by atoms with Gasteiger partial charge >= 0.3 is 5.91 Å². The third-order valence-corrected chi connectivity index (χ3v) is 4.01. The van der Waals surface area contributed by atoms with Crippen molar-refractivity contribution in [2.75, 3.05) is 13.1 Å². The summed E-state index contributed by atoms with van der Waals surface area (Å²) in [4.78, 5) is 23.1. The molecule has 0 bridgehead atoms. The molecule has 0 fully saturated rings. The minimum atomic E-state index is -0.602. The van der Waals surface area contributed by atoms with Crippen LogP contribution >= 0.6 is 11.6 Å². The Morgan fingerprint density at radius 2 is 2.33 bits per heavy atom. The molecule has 1 atom stereocenters. The van der Waals surface area contributed by atoms with E-state index in [1.54, 1.807) is 28.9 Å². The number of amides is 1. The summed E-state index contributed by atoms with van der Waals surface area (Å²) in [5.74, 6) is 4.42. The lowest BCUT2D eigenvalue weighted by atomic mass is 10.0. The van der Waals surface area contributed by atoms with Crippen LogP contribution in [0.4, 0.5) is 0 Å². The van der Waals surface area contributed by atoms with Crippen molar-refractivity contribution in [2.45, 2.75) is 12.6 Å². The largest absolute Gasteiger partial charge is 0.309 e. The second kappa shape index (κ2) is 6.85. The lowest BCUT2D eigenvalue weighted by molar-refractivity contribution is 0.0992. The predicted octanol–water partition coefficient (Wildman–Crippen LogP) is 2.08. The van der Waals surface area contributed by atoms with Crippen LogP contribution in [0.15, 0.2) is 39.8 Å². The van der Waals surface area contributed by atoms with Crippen molar-refractivity contribution in [1.29, 1.82) is 0 Å². The SMILES string of the molecule is NN=NC(=O)c1c(-c2cccc(Cl)c2)nn2c1CNCC2CN=O. The van der Waals surface area contributed by atoms with Crippen LogP contribution in [-0.4, -0.2) is 28.8 Å². The zero-order chi connectivity index (χ0) is 17.1. The van der Waals surface area contributed by atoms with E-state index in [1.165, 1.54) is 0 Å². The Kier molecular flexibility index (Phi) is 4.63. The van der Waals surface area contributed by atoms with Crippen LogP contribution in [0.25, 0.3) is 11.3 Å². The first-order chi connectivity index (χ1) is 11.7. The third-order valence-electron chi connectivity index (χ3n) is 3.77. The molecule has 2 heterocycles. The topological polar surface area (TPSA) is 127 Å². The molecule has 0 radical (unpaired) electrons. The lowest BCUT2D eigenvalue weighted by Crippen LogP contribution is -2.35. The first-order valence-electron chi connectivity index (χ1n) is 7.18. The van der Waals surface area contributed by atoms with Gasteiger partial charge in [-0.3, -0.25) is 9.48 Å². The summed E-state index contributed by atoms with van der Waals surface area (Å²) < 4.78 is 1.65. The first kappa shape index (κ1) is 16.2. The highest BCUT2D eigenvalue weighted by molar-refractivity contribution is 6.30. The molecule has 0 aliphatic carbocycles. The average Bonchev–Trinajstić information content (AvgIpc) is 2.96.